The fourth-order valence-corrected chi connectivity index (χ4v) is 2.03. The van der Waals surface area contributed by atoms with Gasteiger partial charge < -0.3 is 10.4 Å². The van der Waals surface area contributed by atoms with Crippen LogP contribution < -0.4 is 5.32 Å². The zero-order chi connectivity index (χ0) is 14.8. The minimum Gasteiger partial charge on any atom is -0.388 e. The van der Waals surface area contributed by atoms with Crippen LogP contribution in [0.1, 0.15) is 37.0 Å². The highest BCUT2D eigenvalue weighted by atomic mass is 16.3. The first kappa shape index (κ1) is 14.5. The van der Waals surface area contributed by atoms with Crippen molar-refractivity contribution in [1.29, 1.82) is 0 Å². The number of fused-ring (bicyclic) bond motifs is 1. The molecule has 0 saturated carbocycles. The van der Waals surface area contributed by atoms with Crippen LogP contribution in [-0.2, 0) is 7.05 Å². The molecular formula is C14H20N4O2. The van der Waals surface area contributed by atoms with Crippen molar-refractivity contribution in [2.75, 3.05) is 6.54 Å². The molecule has 2 N–H and O–H groups in total. The van der Waals surface area contributed by atoms with Crippen molar-refractivity contribution >= 4 is 16.9 Å². The molecule has 1 heterocycles. The molecule has 108 valence electrons. The standard InChI is InChI=1S/C14H20N4O2/c1-4-14(20,5-2)9-15-13(19)10-6-7-12-11(8-10)16-17-18(12)3/h6-8,20H,4-5,9H2,1-3H3,(H,15,19). The first-order valence-corrected chi connectivity index (χ1v) is 6.79. The van der Waals surface area contributed by atoms with Crippen molar-refractivity contribution in [3.05, 3.63) is 23.8 Å². The molecule has 6 heteroatoms. The highest BCUT2D eigenvalue weighted by Gasteiger charge is 2.23. The fourth-order valence-electron chi connectivity index (χ4n) is 2.03. The Morgan fingerprint density at radius 1 is 1.40 bits per heavy atom. The molecule has 20 heavy (non-hydrogen) atoms. The van der Waals surface area contributed by atoms with Gasteiger partial charge >= 0.3 is 0 Å². The van der Waals surface area contributed by atoms with Gasteiger partial charge in [-0.3, -0.25) is 4.79 Å². The molecule has 0 radical (unpaired) electrons. The van der Waals surface area contributed by atoms with Crippen molar-refractivity contribution in [3.63, 3.8) is 0 Å². The summed E-state index contributed by atoms with van der Waals surface area (Å²) in [5.41, 5.74) is 1.24. The van der Waals surface area contributed by atoms with E-state index in [1.807, 2.05) is 19.9 Å². The maximum atomic E-state index is 12.1. The third-order valence-corrected chi connectivity index (χ3v) is 3.77. The van der Waals surface area contributed by atoms with E-state index in [4.69, 9.17) is 0 Å². The lowest BCUT2D eigenvalue weighted by atomic mass is 9.97. The number of aromatic nitrogens is 3. The van der Waals surface area contributed by atoms with Crippen molar-refractivity contribution in [2.45, 2.75) is 32.3 Å². The van der Waals surface area contributed by atoms with Gasteiger partial charge in [0.2, 0.25) is 0 Å². The van der Waals surface area contributed by atoms with Crippen LogP contribution in [0, 0.1) is 0 Å². The van der Waals surface area contributed by atoms with Gasteiger partial charge in [0.15, 0.2) is 0 Å². The molecule has 1 aromatic heterocycles. The minimum atomic E-state index is -0.841. The molecule has 0 aliphatic carbocycles. The normalized spacial score (nSPS) is 11.8. The summed E-state index contributed by atoms with van der Waals surface area (Å²) in [7, 11) is 1.80. The van der Waals surface area contributed by atoms with Gasteiger partial charge in [0.05, 0.1) is 11.1 Å². The van der Waals surface area contributed by atoms with Crippen LogP contribution in [0.4, 0.5) is 0 Å². The van der Waals surface area contributed by atoms with E-state index in [0.717, 1.165) is 5.52 Å². The lowest BCUT2D eigenvalue weighted by Crippen LogP contribution is -2.42. The molecule has 0 saturated heterocycles. The van der Waals surface area contributed by atoms with Crippen molar-refractivity contribution in [3.8, 4) is 0 Å². The Labute approximate surface area is 117 Å². The lowest BCUT2D eigenvalue weighted by Gasteiger charge is -2.25. The zero-order valence-corrected chi connectivity index (χ0v) is 12.1. The minimum absolute atomic E-state index is 0.210. The number of aliphatic hydroxyl groups is 1. The van der Waals surface area contributed by atoms with Crippen LogP contribution in [0.2, 0.25) is 0 Å². The quantitative estimate of drug-likeness (QED) is 0.861. The maximum absolute atomic E-state index is 12.1. The summed E-state index contributed by atoms with van der Waals surface area (Å²) in [5, 5.41) is 20.8. The van der Waals surface area contributed by atoms with Crippen LogP contribution in [-0.4, -0.2) is 38.2 Å². The van der Waals surface area contributed by atoms with Crippen LogP contribution >= 0.6 is 0 Å². The van der Waals surface area contributed by atoms with E-state index < -0.39 is 5.60 Å². The van der Waals surface area contributed by atoms with E-state index in [0.29, 0.717) is 23.9 Å². The highest BCUT2D eigenvalue weighted by molar-refractivity contribution is 5.97. The summed E-state index contributed by atoms with van der Waals surface area (Å²) in [6.45, 7) is 4.06. The van der Waals surface area contributed by atoms with Gasteiger partial charge in [-0.1, -0.05) is 19.1 Å². The Bertz CT molecular complexity index is 617. The summed E-state index contributed by atoms with van der Waals surface area (Å²) in [5.74, 6) is -0.210. The number of hydrogen-bond donors (Lipinski definition) is 2. The first-order valence-electron chi connectivity index (χ1n) is 6.79. The van der Waals surface area contributed by atoms with Crippen LogP contribution in [0.5, 0.6) is 0 Å². The van der Waals surface area contributed by atoms with E-state index >= 15 is 0 Å². The first-order chi connectivity index (χ1) is 9.49. The maximum Gasteiger partial charge on any atom is 0.251 e. The van der Waals surface area contributed by atoms with Gasteiger partial charge in [0.1, 0.15) is 5.52 Å². The number of nitrogens with zero attached hydrogens (tertiary/aromatic N) is 3. The Balaban J connectivity index is 2.11. The van der Waals surface area contributed by atoms with Crippen LogP contribution in [0.15, 0.2) is 18.2 Å². The van der Waals surface area contributed by atoms with Gasteiger partial charge in [0.25, 0.3) is 5.91 Å². The third-order valence-electron chi connectivity index (χ3n) is 3.77. The Hall–Kier alpha value is -1.95. The average molecular weight is 276 g/mol. The van der Waals surface area contributed by atoms with E-state index in [9.17, 15) is 9.90 Å². The molecule has 1 aromatic carbocycles. The average Bonchev–Trinajstić information content (AvgIpc) is 2.85. The molecule has 0 fully saturated rings. The van der Waals surface area contributed by atoms with Gasteiger partial charge in [0, 0.05) is 19.2 Å². The predicted molar refractivity (Wildman–Crippen MR) is 76.4 cm³/mol. The number of aryl methyl sites for hydroxylation is 1. The molecule has 2 aromatic rings. The smallest absolute Gasteiger partial charge is 0.251 e. The summed E-state index contributed by atoms with van der Waals surface area (Å²) < 4.78 is 1.66. The number of carbonyl (C=O) groups is 1. The number of amides is 1. The van der Waals surface area contributed by atoms with Gasteiger partial charge in [-0.15, -0.1) is 5.10 Å². The van der Waals surface area contributed by atoms with E-state index in [1.165, 1.54) is 0 Å². The molecule has 1 amide bonds. The van der Waals surface area contributed by atoms with Crippen molar-refractivity contribution < 1.29 is 9.90 Å². The second-order valence-corrected chi connectivity index (χ2v) is 5.03. The SMILES string of the molecule is CCC(O)(CC)CNC(=O)c1ccc2c(c1)nnn2C. The lowest BCUT2D eigenvalue weighted by molar-refractivity contribution is 0.0314. The molecule has 0 atom stereocenters. The third kappa shape index (κ3) is 2.80. The van der Waals surface area contributed by atoms with Crippen molar-refractivity contribution in [1.82, 2.24) is 20.3 Å². The largest absolute Gasteiger partial charge is 0.388 e. The molecule has 0 bridgehead atoms. The van der Waals surface area contributed by atoms with E-state index in [1.54, 1.807) is 23.9 Å². The van der Waals surface area contributed by atoms with Gasteiger partial charge in [-0.25, -0.2) is 4.68 Å². The molecule has 0 aliphatic rings. The monoisotopic (exact) mass is 276 g/mol. The summed E-state index contributed by atoms with van der Waals surface area (Å²) in [4.78, 5) is 12.1. The van der Waals surface area contributed by atoms with Crippen LogP contribution in [0.25, 0.3) is 11.0 Å². The van der Waals surface area contributed by atoms with Crippen LogP contribution in [0.3, 0.4) is 0 Å². The number of nitrogens with one attached hydrogen (secondary N) is 1. The molecule has 0 spiro atoms. The summed E-state index contributed by atoms with van der Waals surface area (Å²) in [6.07, 6.45) is 1.21. The molecule has 6 nitrogen and oxygen atoms in total. The molecule has 0 aliphatic heterocycles. The zero-order valence-electron chi connectivity index (χ0n) is 12.1. The number of hydrogen-bond acceptors (Lipinski definition) is 4. The molecule has 0 unspecified atom stereocenters. The van der Waals surface area contributed by atoms with Gasteiger partial charge in [-0.05, 0) is 31.0 Å². The number of rotatable bonds is 5. The second-order valence-electron chi connectivity index (χ2n) is 5.03. The number of carbonyl (C=O) groups excluding carboxylic acids is 1. The van der Waals surface area contributed by atoms with Gasteiger partial charge in [-0.2, -0.15) is 0 Å². The summed E-state index contributed by atoms with van der Waals surface area (Å²) in [6, 6.07) is 5.25. The van der Waals surface area contributed by atoms with E-state index in [2.05, 4.69) is 15.6 Å². The highest BCUT2D eigenvalue weighted by Crippen LogP contribution is 2.15. The topological polar surface area (TPSA) is 80.0 Å². The number of benzene rings is 1. The Morgan fingerprint density at radius 2 is 2.10 bits per heavy atom. The molecular weight excluding hydrogens is 256 g/mol. The van der Waals surface area contributed by atoms with E-state index in [-0.39, 0.29) is 12.5 Å². The molecule has 2 rings (SSSR count). The Morgan fingerprint density at radius 3 is 2.75 bits per heavy atom. The predicted octanol–water partition coefficient (Wildman–Crippen LogP) is 1.25. The van der Waals surface area contributed by atoms with Crippen molar-refractivity contribution in [2.24, 2.45) is 7.05 Å². The Kier molecular flexibility index (Phi) is 4.04. The second kappa shape index (κ2) is 5.58. The fraction of sp³-hybridized carbons (Fsp3) is 0.500. The summed E-state index contributed by atoms with van der Waals surface area (Å²) >= 11 is 0.